The summed E-state index contributed by atoms with van der Waals surface area (Å²) >= 11 is 0. The minimum absolute atomic E-state index is 0.0382. The fourth-order valence-electron chi connectivity index (χ4n) is 3.12. The Morgan fingerprint density at radius 1 is 1.29 bits per heavy atom. The summed E-state index contributed by atoms with van der Waals surface area (Å²) in [4.78, 5) is 21.3. The highest BCUT2D eigenvalue weighted by molar-refractivity contribution is 7.90. The molecule has 186 valence electrons. The summed E-state index contributed by atoms with van der Waals surface area (Å²) in [6, 6.07) is 5.19. The molecule has 0 fully saturated rings. The van der Waals surface area contributed by atoms with Crippen LogP contribution in [0.3, 0.4) is 0 Å². The number of alkyl halides is 1. The van der Waals surface area contributed by atoms with Crippen molar-refractivity contribution in [2.75, 3.05) is 30.4 Å². The van der Waals surface area contributed by atoms with Crippen molar-refractivity contribution in [3.8, 4) is 11.9 Å². The zero-order chi connectivity index (χ0) is 25.8. The minimum atomic E-state index is -3.15. The van der Waals surface area contributed by atoms with Crippen molar-refractivity contribution in [3.05, 3.63) is 41.9 Å². The molecule has 1 atom stereocenters. The number of nitriles is 1. The Labute approximate surface area is 201 Å². The summed E-state index contributed by atoms with van der Waals surface area (Å²) in [6.07, 6.45) is 3.97. The molecule has 3 rings (SSSR count). The molecule has 0 aliphatic rings. The maximum atomic E-state index is 14.1. The number of carbonyl (C=O) groups is 1. The van der Waals surface area contributed by atoms with E-state index in [4.69, 9.17) is 5.26 Å². The number of anilines is 1. The molecule has 0 bridgehead atoms. The standard InChI is InChI=1S/C22H26FN7O4S/c1-22(2,32)18(23)13-28-21(31)16-12-26-19(8-17(16)25-5-4-6-35(3,33)34)30-20-15(11-29-30)7-14(9-24)10-27-20/h7-8,10-12,18,32H,4-6,13H2,1-3H3,(H,25,26)(H,28,31)/t18-/m1/s1. The Bertz CT molecular complexity index is 1380. The van der Waals surface area contributed by atoms with Gasteiger partial charge in [0.25, 0.3) is 5.91 Å². The van der Waals surface area contributed by atoms with Crippen molar-refractivity contribution in [3.63, 3.8) is 0 Å². The molecule has 0 radical (unpaired) electrons. The van der Waals surface area contributed by atoms with Crippen LogP contribution in [0, 0.1) is 11.3 Å². The van der Waals surface area contributed by atoms with Crippen molar-refractivity contribution in [2.45, 2.75) is 32.0 Å². The van der Waals surface area contributed by atoms with Gasteiger partial charge < -0.3 is 15.7 Å². The lowest BCUT2D eigenvalue weighted by atomic mass is 10.0. The number of sulfone groups is 1. The van der Waals surface area contributed by atoms with Gasteiger partial charge in [-0.3, -0.25) is 4.79 Å². The summed E-state index contributed by atoms with van der Waals surface area (Å²) in [5.74, 6) is -0.341. The number of hydrogen-bond donors (Lipinski definition) is 3. The monoisotopic (exact) mass is 503 g/mol. The first-order valence-corrected chi connectivity index (χ1v) is 12.8. The van der Waals surface area contributed by atoms with Gasteiger partial charge in [0.05, 0.1) is 40.9 Å². The zero-order valence-electron chi connectivity index (χ0n) is 19.5. The quantitative estimate of drug-likeness (QED) is 0.347. The van der Waals surface area contributed by atoms with E-state index in [2.05, 4.69) is 25.7 Å². The van der Waals surface area contributed by atoms with E-state index in [0.717, 1.165) is 6.26 Å². The SMILES string of the molecule is CC(C)(O)[C@H](F)CNC(=O)c1cnc(-n2ncc3cc(C#N)cnc32)cc1NCCCS(C)(=O)=O. The maximum Gasteiger partial charge on any atom is 0.255 e. The largest absolute Gasteiger partial charge is 0.387 e. The van der Waals surface area contributed by atoms with Crippen LogP contribution < -0.4 is 10.6 Å². The number of pyridine rings is 2. The number of hydrogen-bond acceptors (Lipinski definition) is 9. The van der Waals surface area contributed by atoms with Gasteiger partial charge in [-0.15, -0.1) is 0 Å². The molecule has 3 aromatic heterocycles. The third-order valence-electron chi connectivity index (χ3n) is 5.10. The molecule has 0 spiro atoms. The van der Waals surface area contributed by atoms with Gasteiger partial charge in [0.1, 0.15) is 22.1 Å². The third-order valence-corrected chi connectivity index (χ3v) is 6.13. The summed E-state index contributed by atoms with van der Waals surface area (Å²) in [5.41, 5.74) is -0.365. The molecule has 13 heteroatoms. The number of halogens is 1. The Balaban J connectivity index is 1.90. The Hall–Kier alpha value is -3.63. The fraction of sp³-hybridized carbons (Fsp3) is 0.409. The second-order valence-corrected chi connectivity index (χ2v) is 10.9. The van der Waals surface area contributed by atoms with E-state index in [9.17, 15) is 22.7 Å². The number of nitrogens with zero attached hydrogens (tertiary/aromatic N) is 5. The average molecular weight is 504 g/mol. The van der Waals surface area contributed by atoms with E-state index < -0.39 is 34.1 Å². The number of amides is 1. The molecule has 1 amide bonds. The topological polar surface area (TPSA) is 163 Å². The van der Waals surface area contributed by atoms with Crippen molar-refractivity contribution in [2.24, 2.45) is 0 Å². The van der Waals surface area contributed by atoms with Crippen molar-refractivity contribution in [1.82, 2.24) is 25.1 Å². The normalized spacial score (nSPS) is 12.8. The number of carbonyl (C=O) groups excluding carboxylic acids is 1. The van der Waals surface area contributed by atoms with Crippen LogP contribution in [0.5, 0.6) is 0 Å². The first-order chi connectivity index (χ1) is 16.4. The maximum absolute atomic E-state index is 14.1. The van der Waals surface area contributed by atoms with Crippen LogP contribution in [-0.2, 0) is 9.84 Å². The van der Waals surface area contributed by atoms with Crippen molar-refractivity contribution in [1.29, 1.82) is 5.26 Å². The molecule has 3 aromatic rings. The lowest BCUT2D eigenvalue weighted by Crippen LogP contribution is -2.42. The highest BCUT2D eigenvalue weighted by Gasteiger charge is 2.27. The van der Waals surface area contributed by atoms with Gasteiger partial charge in [-0.2, -0.15) is 15.0 Å². The van der Waals surface area contributed by atoms with E-state index in [0.29, 0.717) is 34.5 Å². The third kappa shape index (κ3) is 6.71. The summed E-state index contributed by atoms with van der Waals surface area (Å²) in [6.45, 7) is 2.44. The van der Waals surface area contributed by atoms with Gasteiger partial charge in [-0.05, 0) is 26.3 Å². The van der Waals surface area contributed by atoms with Gasteiger partial charge in [-0.25, -0.2) is 22.8 Å². The van der Waals surface area contributed by atoms with Crippen molar-refractivity contribution >= 4 is 32.5 Å². The van der Waals surface area contributed by atoms with Crippen LogP contribution in [0.2, 0.25) is 0 Å². The molecule has 0 aliphatic heterocycles. The zero-order valence-corrected chi connectivity index (χ0v) is 20.3. The molecule has 35 heavy (non-hydrogen) atoms. The molecule has 0 aromatic carbocycles. The molecule has 3 heterocycles. The van der Waals surface area contributed by atoms with E-state index in [1.54, 1.807) is 12.1 Å². The molecular weight excluding hydrogens is 477 g/mol. The van der Waals surface area contributed by atoms with E-state index in [1.807, 2.05) is 6.07 Å². The molecule has 11 nitrogen and oxygen atoms in total. The molecule has 0 unspecified atom stereocenters. The molecule has 0 saturated heterocycles. The van der Waals surface area contributed by atoms with E-state index in [-0.39, 0.29) is 17.9 Å². The lowest BCUT2D eigenvalue weighted by Gasteiger charge is -2.22. The average Bonchev–Trinajstić information content (AvgIpc) is 3.21. The minimum Gasteiger partial charge on any atom is -0.387 e. The number of aliphatic hydroxyl groups is 1. The van der Waals surface area contributed by atoms with Crippen LogP contribution in [0.4, 0.5) is 10.1 Å². The Morgan fingerprint density at radius 3 is 2.69 bits per heavy atom. The van der Waals surface area contributed by atoms with Gasteiger partial charge >= 0.3 is 0 Å². The van der Waals surface area contributed by atoms with Crippen LogP contribution >= 0.6 is 0 Å². The number of aromatic nitrogens is 4. The Morgan fingerprint density at radius 2 is 2.03 bits per heavy atom. The van der Waals surface area contributed by atoms with Crippen molar-refractivity contribution < 1.29 is 22.7 Å². The number of nitrogens with one attached hydrogen (secondary N) is 2. The van der Waals surface area contributed by atoms with Crippen LogP contribution in [0.15, 0.2) is 30.7 Å². The van der Waals surface area contributed by atoms with E-state index >= 15 is 0 Å². The van der Waals surface area contributed by atoms with Gasteiger partial charge in [0.2, 0.25) is 0 Å². The summed E-state index contributed by atoms with van der Waals surface area (Å²) < 4.78 is 38.4. The van der Waals surface area contributed by atoms with Gasteiger partial charge in [0, 0.05) is 36.6 Å². The fourth-order valence-corrected chi connectivity index (χ4v) is 3.79. The molecule has 0 saturated carbocycles. The first kappa shape index (κ1) is 26.0. The summed E-state index contributed by atoms with van der Waals surface area (Å²) in [7, 11) is -3.15. The Kier molecular flexibility index (Phi) is 7.67. The second-order valence-electron chi connectivity index (χ2n) is 8.63. The second kappa shape index (κ2) is 10.3. The van der Waals surface area contributed by atoms with Crippen LogP contribution in [0.25, 0.3) is 16.9 Å². The van der Waals surface area contributed by atoms with Gasteiger partial charge in [-0.1, -0.05) is 0 Å². The summed E-state index contributed by atoms with van der Waals surface area (Å²) in [5, 5.41) is 29.2. The first-order valence-electron chi connectivity index (χ1n) is 10.7. The predicted octanol–water partition coefficient (Wildman–Crippen LogP) is 1.37. The van der Waals surface area contributed by atoms with Gasteiger partial charge in [0.15, 0.2) is 11.5 Å². The predicted molar refractivity (Wildman–Crippen MR) is 128 cm³/mol. The molecule has 0 aliphatic carbocycles. The number of rotatable bonds is 10. The van der Waals surface area contributed by atoms with E-state index in [1.165, 1.54) is 37.1 Å². The van der Waals surface area contributed by atoms with Crippen LogP contribution in [-0.4, -0.2) is 76.1 Å². The highest BCUT2D eigenvalue weighted by Crippen LogP contribution is 2.22. The van der Waals surface area contributed by atoms with Crippen LogP contribution in [0.1, 0.15) is 36.2 Å². The lowest BCUT2D eigenvalue weighted by molar-refractivity contribution is -0.00177. The number of fused-ring (bicyclic) bond motifs is 1. The highest BCUT2D eigenvalue weighted by atomic mass is 32.2. The molecular formula is C22H26FN7O4S. The smallest absolute Gasteiger partial charge is 0.255 e. The molecule has 3 N–H and O–H groups in total.